The van der Waals surface area contributed by atoms with Gasteiger partial charge in [-0.1, -0.05) is 131 Å². The average Bonchev–Trinajstić information content (AvgIpc) is 3.63. The van der Waals surface area contributed by atoms with E-state index in [1.54, 1.807) is 15.5 Å². The summed E-state index contributed by atoms with van der Waals surface area (Å²) in [5.74, 6) is 0.780. The normalized spacial score (nSPS) is 13.8. The molecule has 0 radical (unpaired) electrons. The number of hydrogen-bond donors (Lipinski definition) is 1. The van der Waals surface area contributed by atoms with Crippen LogP contribution >= 0.6 is 43.4 Å². The molecule has 0 fully saturated rings. The van der Waals surface area contributed by atoms with Crippen LogP contribution in [0.4, 0.5) is 0 Å². The summed E-state index contributed by atoms with van der Waals surface area (Å²) in [4.78, 5) is 1.06. The standard InChI is InChI=1S/C31H24Br2N4S/c32-21-23-16-18-24(19-17-23)25-20-29(38-22-25)30-34-36(37(33)35-30)31(26-10-4-1-5-11-26,27-12-6-2-7-13-27)28-14-8-3-9-15-28/h1-20,22H,21H2,(H,34,35). The van der Waals surface area contributed by atoms with E-state index < -0.39 is 5.54 Å². The van der Waals surface area contributed by atoms with Gasteiger partial charge in [-0.25, -0.2) is 0 Å². The third-order valence-corrected chi connectivity index (χ3v) is 8.77. The topological polar surface area (TPSA) is 30.9 Å². The molecule has 0 atom stereocenters. The van der Waals surface area contributed by atoms with Crippen molar-refractivity contribution >= 4 is 49.2 Å². The summed E-state index contributed by atoms with van der Waals surface area (Å²) in [5.41, 5.74) is 9.66. The molecule has 0 aliphatic carbocycles. The number of rotatable bonds is 7. The van der Waals surface area contributed by atoms with Gasteiger partial charge in [0.15, 0.2) is 11.4 Å². The maximum Gasteiger partial charge on any atom is 0.181 e. The van der Waals surface area contributed by atoms with Crippen LogP contribution in [0.3, 0.4) is 0 Å². The van der Waals surface area contributed by atoms with Gasteiger partial charge in [-0.05, 0) is 49.0 Å². The third kappa shape index (κ3) is 4.50. The molecular formula is C31H24Br2N4S. The summed E-state index contributed by atoms with van der Waals surface area (Å²) in [5, 5.41) is 10.2. The Hall–Kier alpha value is -3.23. The molecule has 7 heteroatoms. The molecule has 4 aromatic carbocycles. The Bertz CT molecular complexity index is 1440. The highest BCUT2D eigenvalue weighted by Crippen LogP contribution is 2.45. The van der Waals surface area contributed by atoms with Crippen LogP contribution in [0.25, 0.3) is 11.1 Å². The number of alkyl halides is 1. The third-order valence-electron chi connectivity index (χ3n) is 6.71. The van der Waals surface area contributed by atoms with Gasteiger partial charge in [0.05, 0.1) is 21.0 Å². The van der Waals surface area contributed by atoms with Crippen molar-refractivity contribution in [2.24, 2.45) is 5.10 Å². The molecule has 1 N–H and O–H groups in total. The highest BCUT2D eigenvalue weighted by Gasteiger charge is 2.47. The lowest BCUT2D eigenvalue weighted by Crippen LogP contribution is -2.51. The lowest BCUT2D eigenvalue weighted by atomic mass is 9.77. The van der Waals surface area contributed by atoms with E-state index in [0.29, 0.717) is 0 Å². The fourth-order valence-electron chi connectivity index (χ4n) is 4.88. The van der Waals surface area contributed by atoms with Crippen LogP contribution in [0.2, 0.25) is 0 Å². The first-order valence-electron chi connectivity index (χ1n) is 12.2. The highest BCUT2D eigenvalue weighted by atomic mass is 79.9. The van der Waals surface area contributed by atoms with E-state index in [2.05, 4.69) is 146 Å². The first kappa shape index (κ1) is 25.1. The van der Waals surface area contributed by atoms with E-state index in [1.165, 1.54) is 16.7 Å². The molecule has 1 aliphatic heterocycles. The summed E-state index contributed by atoms with van der Waals surface area (Å²) < 4.78 is 1.81. The lowest BCUT2D eigenvalue weighted by molar-refractivity contribution is 0.00614. The van der Waals surface area contributed by atoms with Crippen molar-refractivity contribution in [1.82, 2.24) is 14.7 Å². The number of hydrogen-bond acceptors (Lipinski definition) is 5. The fraction of sp³-hybridized carbons (Fsp3) is 0.0645. The maximum atomic E-state index is 5.20. The largest absolute Gasteiger partial charge is 0.271 e. The lowest BCUT2D eigenvalue weighted by Gasteiger charge is -2.43. The van der Waals surface area contributed by atoms with E-state index in [0.717, 1.165) is 32.7 Å². The van der Waals surface area contributed by atoms with E-state index >= 15 is 0 Å². The van der Waals surface area contributed by atoms with Crippen LogP contribution in [0, 0.1) is 0 Å². The Balaban J connectivity index is 1.48. The summed E-state index contributed by atoms with van der Waals surface area (Å²) in [6, 6.07) is 42.4. The van der Waals surface area contributed by atoms with Crippen LogP contribution < -0.4 is 5.43 Å². The van der Waals surface area contributed by atoms with Crippen LogP contribution in [-0.2, 0) is 10.9 Å². The molecule has 1 aromatic heterocycles. The molecule has 0 bridgehead atoms. The Morgan fingerprint density at radius 3 is 1.74 bits per heavy atom. The Morgan fingerprint density at radius 1 is 0.711 bits per heavy atom. The quantitative estimate of drug-likeness (QED) is 0.110. The van der Waals surface area contributed by atoms with E-state index in [9.17, 15) is 0 Å². The van der Waals surface area contributed by atoms with Gasteiger partial charge < -0.3 is 0 Å². The molecule has 0 spiro atoms. The minimum Gasteiger partial charge on any atom is -0.271 e. The monoisotopic (exact) mass is 642 g/mol. The maximum absolute atomic E-state index is 5.20. The molecule has 188 valence electrons. The number of benzene rings is 4. The van der Waals surface area contributed by atoms with Crippen molar-refractivity contribution in [2.45, 2.75) is 10.9 Å². The molecule has 38 heavy (non-hydrogen) atoms. The Kier molecular flexibility index (Phi) is 7.17. The van der Waals surface area contributed by atoms with E-state index in [4.69, 9.17) is 5.10 Å². The molecular weight excluding hydrogens is 620 g/mol. The predicted octanol–water partition coefficient (Wildman–Crippen LogP) is 8.31. The smallest absolute Gasteiger partial charge is 0.181 e. The predicted molar refractivity (Wildman–Crippen MR) is 164 cm³/mol. The molecule has 0 unspecified atom stereocenters. The summed E-state index contributed by atoms with van der Waals surface area (Å²) in [6.07, 6.45) is 0. The zero-order valence-electron chi connectivity index (χ0n) is 20.3. The zero-order valence-corrected chi connectivity index (χ0v) is 24.3. The summed E-state index contributed by atoms with van der Waals surface area (Å²) in [7, 11) is 0. The van der Waals surface area contributed by atoms with E-state index in [-0.39, 0.29) is 0 Å². The van der Waals surface area contributed by atoms with Crippen LogP contribution in [-0.4, -0.2) is 15.1 Å². The molecule has 0 saturated heterocycles. The fourth-order valence-corrected chi connectivity index (χ4v) is 6.59. The first-order chi connectivity index (χ1) is 18.7. The van der Waals surface area contributed by atoms with Crippen LogP contribution in [0.1, 0.15) is 27.1 Å². The number of nitrogens with one attached hydrogen (secondary N) is 1. The van der Waals surface area contributed by atoms with Crippen molar-refractivity contribution in [1.29, 1.82) is 0 Å². The van der Waals surface area contributed by atoms with Gasteiger partial charge in [-0.15, -0.1) is 16.4 Å². The Labute approximate surface area is 243 Å². The van der Waals surface area contributed by atoms with Gasteiger partial charge in [-0.2, -0.15) is 5.12 Å². The minimum atomic E-state index is -0.729. The molecule has 2 heterocycles. The van der Waals surface area contributed by atoms with Crippen LogP contribution in [0.5, 0.6) is 0 Å². The number of amidine groups is 1. The van der Waals surface area contributed by atoms with Gasteiger partial charge in [0.25, 0.3) is 0 Å². The number of halogens is 2. The average molecular weight is 644 g/mol. The number of hydrazone groups is 1. The number of thiophene rings is 1. The second-order valence-electron chi connectivity index (χ2n) is 8.95. The zero-order chi connectivity index (χ0) is 26.0. The number of nitrogens with zero attached hydrogens (tertiary/aromatic N) is 3. The van der Waals surface area contributed by atoms with Crippen molar-refractivity contribution in [3.63, 3.8) is 0 Å². The van der Waals surface area contributed by atoms with Crippen molar-refractivity contribution < 1.29 is 0 Å². The van der Waals surface area contributed by atoms with Crippen molar-refractivity contribution in [3.8, 4) is 11.1 Å². The molecule has 0 amide bonds. The van der Waals surface area contributed by atoms with Gasteiger partial charge in [-0.3, -0.25) is 5.43 Å². The second kappa shape index (κ2) is 10.9. The van der Waals surface area contributed by atoms with Crippen LogP contribution in [0.15, 0.2) is 132 Å². The second-order valence-corrected chi connectivity index (χ2v) is 11.1. The van der Waals surface area contributed by atoms with Gasteiger partial charge in [0.1, 0.15) is 0 Å². The van der Waals surface area contributed by atoms with Crippen molar-refractivity contribution in [3.05, 3.63) is 154 Å². The molecule has 1 aliphatic rings. The van der Waals surface area contributed by atoms with Gasteiger partial charge in [0, 0.05) is 5.33 Å². The van der Waals surface area contributed by atoms with Crippen molar-refractivity contribution in [2.75, 3.05) is 0 Å². The first-order valence-corrected chi connectivity index (χ1v) is 14.9. The molecule has 0 saturated carbocycles. The minimum absolute atomic E-state index is 0.729. The van der Waals surface area contributed by atoms with Gasteiger partial charge in [0.2, 0.25) is 0 Å². The SMILES string of the molecule is BrCc1ccc(-c2csc(C3=NN(C(c4ccccc4)(c4ccccc4)c4ccccc4)N(Br)N3)c2)cc1. The molecule has 5 aromatic rings. The number of hydrazine groups is 2. The Morgan fingerprint density at radius 2 is 1.24 bits per heavy atom. The molecule has 4 nitrogen and oxygen atoms in total. The van der Waals surface area contributed by atoms with E-state index in [1.807, 2.05) is 23.3 Å². The summed E-state index contributed by atoms with van der Waals surface area (Å²) >= 11 is 8.98. The molecule has 6 rings (SSSR count). The highest BCUT2D eigenvalue weighted by molar-refractivity contribution is 9.08. The summed E-state index contributed by atoms with van der Waals surface area (Å²) in [6.45, 7) is 0. The van der Waals surface area contributed by atoms with Gasteiger partial charge >= 0.3 is 0 Å².